The molecule has 0 radical (unpaired) electrons. The molecule has 0 unspecified atom stereocenters. The van der Waals surface area contributed by atoms with E-state index < -0.39 is 0 Å². The number of rotatable bonds is 3. The molecule has 0 atom stereocenters. The number of ether oxygens (including phenoxy) is 1. The molecular weight excluding hydrogens is 212 g/mol. The lowest BCUT2D eigenvalue weighted by atomic mass is 9.94. The van der Waals surface area contributed by atoms with Gasteiger partial charge in [-0.1, -0.05) is 12.1 Å². The van der Waals surface area contributed by atoms with Crippen molar-refractivity contribution < 1.29 is 4.74 Å². The van der Waals surface area contributed by atoms with Crippen LogP contribution in [0.15, 0.2) is 24.3 Å². The van der Waals surface area contributed by atoms with E-state index in [9.17, 15) is 0 Å². The summed E-state index contributed by atoms with van der Waals surface area (Å²) in [6.45, 7) is 8.05. The first-order chi connectivity index (χ1) is 8.13. The highest BCUT2D eigenvalue weighted by Crippen LogP contribution is 2.23. The summed E-state index contributed by atoms with van der Waals surface area (Å²) in [5, 5.41) is 3.32. The van der Waals surface area contributed by atoms with E-state index in [-0.39, 0.29) is 5.54 Å². The maximum absolute atomic E-state index is 5.36. The smallest absolute Gasteiger partial charge is 0.0642 e. The summed E-state index contributed by atoms with van der Waals surface area (Å²) >= 11 is 0. The molecule has 3 heteroatoms. The molecule has 1 aliphatic rings. The van der Waals surface area contributed by atoms with Crippen LogP contribution in [0.4, 0.5) is 5.69 Å². The molecule has 94 valence electrons. The van der Waals surface area contributed by atoms with Gasteiger partial charge in [0.25, 0.3) is 0 Å². The molecule has 1 aromatic carbocycles. The molecule has 17 heavy (non-hydrogen) atoms. The van der Waals surface area contributed by atoms with Crippen LogP contribution in [0.2, 0.25) is 0 Å². The summed E-state index contributed by atoms with van der Waals surface area (Å²) < 4.78 is 5.36. The Hall–Kier alpha value is -1.06. The van der Waals surface area contributed by atoms with Gasteiger partial charge in [-0.05, 0) is 38.6 Å². The highest BCUT2D eigenvalue weighted by molar-refractivity contribution is 5.48. The lowest BCUT2D eigenvalue weighted by molar-refractivity contribution is 0.122. The monoisotopic (exact) mass is 234 g/mol. The summed E-state index contributed by atoms with van der Waals surface area (Å²) in [4.78, 5) is 2.37. The van der Waals surface area contributed by atoms with Gasteiger partial charge in [0.2, 0.25) is 0 Å². The molecule has 1 N–H and O–H groups in total. The molecule has 0 saturated carbocycles. The summed E-state index contributed by atoms with van der Waals surface area (Å²) in [5.41, 5.74) is 2.64. The van der Waals surface area contributed by atoms with E-state index in [1.54, 1.807) is 0 Å². The van der Waals surface area contributed by atoms with Crippen LogP contribution < -0.4 is 10.2 Å². The fraction of sp³-hybridized carbons (Fsp3) is 0.571. The molecule has 1 aromatic rings. The molecule has 0 bridgehead atoms. The second-order valence-electron chi connectivity index (χ2n) is 5.02. The maximum atomic E-state index is 5.36. The van der Waals surface area contributed by atoms with Crippen LogP contribution in [0.5, 0.6) is 0 Å². The van der Waals surface area contributed by atoms with Crippen LogP contribution in [0.1, 0.15) is 19.4 Å². The third kappa shape index (κ3) is 2.79. The summed E-state index contributed by atoms with van der Waals surface area (Å²) in [6.07, 6.45) is 0. The van der Waals surface area contributed by atoms with E-state index in [1.165, 1.54) is 11.3 Å². The van der Waals surface area contributed by atoms with Crippen LogP contribution in [0.3, 0.4) is 0 Å². The zero-order valence-corrected chi connectivity index (χ0v) is 11.0. The van der Waals surface area contributed by atoms with Gasteiger partial charge in [0, 0.05) is 24.3 Å². The lowest BCUT2D eigenvalue weighted by Crippen LogP contribution is -2.36. The van der Waals surface area contributed by atoms with E-state index in [2.05, 4.69) is 48.3 Å². The molecule has 1 heterocycles. The predicted octanol–water partition coefficient (Wildman–Crippen LogP) is 1.98. The zero-order chi connectivity index (χ0) is 12.3. The van der Waals surface area contributed by atoms with Crippen LogP contribution in [-0.2, 0) is 10.3 Å². The molecule has 0 spiro atoms. The van der Waals surface area contributed by atoms with E-state index in [1.807, 2.05) is 7.05 Å². The molecule has 0 aromatic heterocycles. The van der Waals surface area contributed by atoms with Gasteiger partial charge in [-0.3, -0.25) is 0 Å². The Kier molecular flexibility index (Phi) is 3.69. The van der Waals surface area contributed by atoms with E-state index in [0.29, 0.717) is 0 Å². The molecule has 1 aliphatic heterocycles. The van der Waals surface area contributed by atoms with Crippen LogP contribution >= 0.6 is 0 Å². The van der Waals surface area contributed by atoms with Crippen molar-refractivity contribution in [3.05, 3.63) is 29.8 Å². The highest BCUT2D eigenvalue weighted by atomic mass is 16.5. The Morgan fingerprint density at radius 1 is 1.12 bits per heavy atom. The predicted molar refractivity (Wildman–Crippen MR) is 71.6 cm³/mol. The molecule has 0 amide bonds. The maximum Gasteiger partial charge on any atom is 0.0642 e. The van der Waals surface area contributed by atoms with Gasteiger partial charge in [-0.2, -0.15) is 0 Å². The van der Waals surface area contributed by atoms with Gasteiger partial charge in [0.15, 0.2) is 0 Å². The van der Waals surface area contributed by atoms with E-state index in [4.69, 9.17) is 4.74 Å². The van der Waals surface area contributed by atoms with Crippen molar-refractivity contribution >= 4 is 5.69 Å². The zero-order valence-electron chi connectivity index (χ0n) is 11.0. The topological polar surface area (TPSA) is 24.5 Å². The van der Waals surface area contributed by atoms with Gasteiger partial charge in [0.05, 0.1) is 13.2 Å². The van der Waals surface area contributed by atoms with Gasteiger partial charge in [-0.15, -0.1) is 0 Å². The van der Waals surface area contributed by atoms with Crippen molar-refractivity contribution in [2.45, 2.75) is 19.4 Å². The fourth-order valence-electron chi connectivity index (χ4n) is 2.05. The number of anilines is 1. The van der Waals surface area contributed by atoms with Crippen molar-refractivity contribution in [1.29, 1.82) is 0 Å². The van der Waals surface area contributed by atoms with Gasteiger partial charge in [0.1, 0.15) is 0 Å². The first kappa shape index (κ1) is 12.4. The normalized spacial score (nSPS) is 17.2. The second kappa shape index (κ2) is 5.07. The van der Waals surface area contributed by atoms with Crippen molar-refractivity contribution in [2.75, 3.05) is 38.3 Å². The average molecular weight is 234 g/mol. The number of benzene rings is 1. The Balaban J connectivity index is 2.12. The molecule has 3 nitrogen and oxygen atoms in total. The first-order valence-corrected chi connectivity index (χ1v) is 6.25. The number of nitrogens with one attached hydrogen (secondary N) is 1. The van der Waals surface area contributed by atoms with Crippen molar-refractivity contribution in [3.63, 3.8) is 0 Å². The summed E-state index contributed by atoms with van der Waals surface area (Å²) in [5.74, 6) is 0. The Bertz CT molecular complexity index is 353. The minimum Gasteiger partial charge on any atom is -0.378 e. The van der Waals surface area contributed by atoms with Crippen molar-refractivity contribution in [3.8, 4) is 0 Å². The molecule has 0 aliphatic carbocycles. The highest BCUT2D eigenvalue weighted by Gasteiger charge is 2.18. The van der Waals surface area contributed by atoms with Crippen LogP contribution in [-0.4, -0.2) is 33.4 Å². The first-order valence-electron chi connectivity index (χ1n) is 6.25. The van der Waals surface area contributed by atoms with Crippen molar-refractivity contribution in [2.24, 2.45) is 0 Å². The minimum atomic E-state index is 0.0313. The quantitative estimate of drug-likeness (QED) is 0.865. The molecule has 1 fully saturated rings. The Labute approximate surface area is 104 Å². The minimum absolute atomic E-state index is 0.0313. The van der Waals surface area contributed by atoms with Gasteiger partial charge < -0.3 is 15.0 Å². The van der Waals surface area contributed by atoms with E-state index in [0.717, 1.165) is 26.3 Å². The summed E-state index contributed by atoms with van der Waals surface area (Å²) in [7, 11) is 2.00. The number of hydrogen-bond acceptors (Lipinski definition) is 3. The second-order valence-corrected chi connectivity index (χ2v) is 5.02. The standard InChI is InChI=1S/C14H22N2O/c1-14(2,15-3)12-4-6-13(7-5-12)16-8-10-17-11-9-16/h4-7,15H,8-11H2,1-3H3. The third-order valence-electron chi connectivity index (χ3n) is 3.59. The average Bonchev–Trinajstić information content (AvgIpc) is 2.40. The Morgan fingerprint density at radius 3 is 2.24 bits per heavy atom. The van der Waals surface area contributed by atoms with Crippen LogP contribution in [0.25, 0.3) is 0 Å². The summed E-state index contributed by atoms with van der Waals surface area (Å²) in [6, 6.07) is 8.84. The van der Waals surface area contributed by atoms with Gasteiger partial charge in [-0.25, -0.2) is 0 Å². The lowest BCUT2D eigenvalue weighted by Gasteiger charge is -2.30. The van der Waals surface area contributed by atoms with Crippen LogP contribution in [0, 0.1) is 0 Å². The third-order valence-corrected chi connectivity index (χ3v) is 3.59. The number of morpholine rings is 1. The SMILES string of the molecule is CNC(C)(C)c1ccc(N2CCOCC2)cc1. The number of hydrogen-bond donors (Lipinski definition) is 1. The van der Waals surface area contributed by atoms with E-state index >= 15 is 0 Å². The fourth-order valence-corrected chi connectivity index (χ4v) is 2.05. The molecular formula is C14H22N2O. The van der Waals surface area contributed by atoms with Gasteiger partial charge >= 0.3 is 0 Å². The molecule has 1 saturated heterocycles. The Morgan fingerprint density at radius 2 is 1.71 bits per heavy atom. The van der Waals surface area contributed by atoms with Crippen molar-refractivity contribution in [1.82, 2.24) is 5.32 Å². The largest absolute Gasteiger partial charge is 0.378 e. The molecule has 2 rings (SSSR count). The number of nitrogens with zero attached hydrogens (tertiary/aromatic N) is 1.